The van der Waals surface area contributed by atoms with Crippen LogP contribution in [0.1, 0.15) is 22.5 Å². The maximum Gasteiger partial charge on any atom is 0.163 e. The fourth-order valence-corrected chi connectivity index (χ4v) is 2.34. The molecule has 0 fully saturated rings. The molecule has 0 N–H and O–H groups in total. The summed E-state index contributed by atoms with van der Waals surface area (Å²) in [5.41, 5.74) is 0.797. The van der Waals surface area contributed by atoms with Gasteiger partial charge in [0.15, 0.2) is 5.78 Å². The van der Waals surface area contributed by atoms with Gasteiger partial charge in [-0.2, -0.15) is 11.8 Å². The molecule has 0 amide bonds. The van der Waals surface area contributed by atoms with E-state index in [1.54, 1.807) is 18.0 Å². The molecule has 0 unspecified atom stereocenters. The predicted octanol–water partition coefficient (Wildman–Crippen LogP) is 3.79. The van der Waals surface area contributed by atoms with Crippen LogP contribution in [0.3, 0.4) is 0 Å². The van der Waals surface area contributed by atoms with Gasteiger partial charge in [-0.25, -0.2) is 0 Å². The molecule has 0 saturated heterocycles. The highest BCUT2D eigenvalue weighted by Gasteiger charge is 2.04. The molecule has 17 heavy (non-hydrogen) atoms. The number of hydrogen-bond donors (Lipinski definition) is 0. The van der Waals surface area contributed by atoms with Crippen molar-refractivity contribution in [3.8, 4) is 0 Å². The average molecular weight is 246 g/mol. The molecular formula is C14H14O2S. The number of furan rings is 1. The van der Waals surface area contributed by atoms with Crippen LogP contribution in [0.5, 0.6) is 0 Å². The van der Waals surface area contributed by atoms with Crippen molar-refractivity contribution in [3.05, 3.63) is 60.1 Å². The van der Waals surface area contributed by atoms with Gasteiger partial charge in [0.05, 0.1) is 12.0 Å². The molecular weight excluding hydrogens is 232 g/mol. The summed E-state index contributed by atoms with van der Waals surface area (Å²) in [7, 11) is 0. The van der Waals surface area contributed by atoms with Crippen LogP contribution in [-0.2, 0) is 5.75 Å². The minimum absolute atomic E-state index is 0.206. The van der Waals surface area contributed by atoms with Crippen LogP contribution in [0.2, 0.25) is 0 Å². The van der Waals surface area contributed by atoms with Crippen molar-refractivity contribution in [2.24, 2.45) is 0 Å². The quantitative estimate of drug-likeness (QED) is 0.574. The van der Waals surface area contributed by atoms with E-state index in [0.29, 0.717) is 6.42 Å². The van der Waals surface area contributed by atoms with Crippen molar-refractivity contribution in [2.45, 2.75) is 12.2 Å². The zero-order valence-corrected chi connectivity index (χ0v) is 10.3. The molecule has 0 atom stereocenters. The third-order valence-corrected chi connectivity index (χ3v) is 3.38. The first kappa shape index (κ1) is 12.0. The molecule has 2 rings (SSSR count). The molecule has 0 spiro atoms. The Morgan fingerprint density at radius 2 is 1.94 bits per heavy atom. The summed E-state index contributed by atoms with van der Waals surface area (Å²) in [6.45, 7) is 0. The van der Waals surface area contributed by atoms with Crippen molar-refractivity contribution in [3.63, 3.8) is 0 Å². The van der Waals surface area contributed by atoms with Crippen molar-refractivity contribution in [1.82, 2.24) is 0 Å². The van der Waals surface area contributed by atoms with Crippen LogP contribution in [-0.4, -0.2) is 11.5 Å². The Morgan fingerprint density at radius 1 is 1.12 bits per heavy atom. The molecule has 0 saturated carbocycles. The highest BCUT2D eigenvalue weighted by Crippen LogP contribution is 2.14. The van der Waals surface area contributed by atoms with Gasteiger partial charge >= 0.3 is 0 Å². The molecule has 1 aromatic heterocycles. The maximum atomic E-state index is 11.8. The summed E-state index contributed by atoms with van der Waals surface area (Å²) < 4.78 is 5.22. The second-order valence-electron chi connectivity index (χ2n) is 3.67. The van der Waals surface area contributed by atoms with Crippen molar-refractivity contribution >= 4 is 17.5 Å². The standard InChI is InChI=1S/C14H14O2S/c15-14(12-5-2-1-3-6-12)8-10-17-11-13-7-4-9-16-13/h1-7,9H,8,10-11H2. The van der Waals surface area contributed by atoms with Crippen LogP contribution in [0.15, 0.2) is 53.1 Å². The topological polar surface area (TPSA) is 30.2 Å². The Morgan fingerprint density at radius 3 is 2.65 bits per heavy atom. The first-order chi connectivity index (χ1) is 8.36. The van der Waals surface area contributed by atoms with Gasteiger partial charge in [-0.3, -0.25) is 4.79 Å². The smallest absolute Gasteiger partial charge is 0.163 e. The highest BCUT2D eigenvalue weighted by atomic mass is 32.2. The molecule has 2 nitrogen and oxygen atoms in total. The number of Topliss-reactive ketones (excluding diaryl/α,β-unsaturated/α-hetero) is 1. The lowest BCUT2D eigenvalue weighted by atomic mass is 10.1. The van der Waals surface area contributed by atoms with Gasteiger partial charge in [0.2, 0.25) is 0 Å². The zero-order valence-electron chi connectivity index (χ0n) is 9.46. The SMILES string of the molecule is O=C(CCSCc1ccco1)c1ccccc1. The summed E-state index contributed by atoms with van der Waals surface area (Å²) in [6, 6.07) is 13.3. The Bertz CT molecular complexity index is 448. The second kappa shape index (κ2) is 6.30. The van der Waals surface area contributed by atoms with Crippen molar-refractivity contribution in [1.29, 1.82) is 0 Å². The summed E-state index contributed by atoms with van der Waals surface area (Å²) in [5.74, 6) is 2.82. The van der Waals surface area contributed by atoms with Crippen LogP contribution in [0.4, 0.5) is 0 Å². The minimum Gasteiger partial charge on any atom is -0.468 e. The first-order valence-electron chi connectivity index (χ1n) is 5.54. The third-order valence-electron chi connectivity index (χ3n) is 2.39. The largest absolute Gasteiger partial charge is 0.468 e. The fraction of sp³-hybridized carbons (Fsp3) is 0.214. The Labute approximate surface area is 105 Å². The van der Waals surface area contributed by atoms with Gasteiger partial charge in [-0.1, -0.05) is 30.3 Å². The summed E-state index contributed by atoms with van der Waals surface area (Å²) in [5, 5.41) is 0. The summed E-state index contributed by atoms with van der Waals surface area (Å²) in [4.78, 5) is 11.8. The first-order valence-corrected chi connectivity index (χ1v) is 6.70. The molecule has 0 radical (unpaired) electrons. The maximum absolute atomic E-state index is 11.8. The van der Waals surface area contributed by atoms with Crippen molar-refractivity contribution in [2.75, 3.05) is 5.75 Å². The number of carbonyl (C=O) groups excluding carboxylic acids is 1. The van der Waals surface area contributed by atoms with Gasteiger partial charge in [0.1, 0.15) is 5.76 Å². The molecule has 0 aliphatic rings. The molecule has 1 heterocycles. The number of thioether (sulfide) groups is 1. The van der Waals surface area contributed by atoms with Crippen LogP contribution in [0, 0.1) is 0 Å². The predicted molar refractivity (Wildman–Crippen MR) is 70.3 cm³/mol. The van der Waals surface area contributed by atoms with E-state index in [0.717, 1.165) is 22.8 Å². The van der Waals surface area contributed by atoms with E-state index in [-0.39, 0.29) is 5.78 Å². The summed E-state index contributed by atoms with van der Waals surface area (Å²) >= 11 is 1.72. The van der Waals surface area contributed by atoms with Gasteiger partial charge in [-0.05, 0) is 12.1 Å². The lowest BCUT2D eigenvalue weighted by Crippen LogP contribution is -2.00. The van der Waals surface area contributed by atoms with Crippen LogP contribution in [0.25, 0.3) is 0 Å². The van der Waals surface area contributed by atoms with E-state index in [2.05, 4.69) is 0 Å². The Kier molecular flexibility index (Phi) is 4.45. The number of benzene rings is 1. The molecule has 88 valence electrons. The molecule has 0 bridgehead atoms. The van der Waals surface area contributed by atoms with E-state index in [1.807, 2.05) is 42.5 Å². The molecule has 3 heteroatoms. The summed E-state index contributed by atoms with van der Waals surface area (Å²) in [6.07, 6.45) is 2.25. The van der Waals surface area contributed by atoms with E-state index in [4.69, 9.17) is 4.42 Å². The number of carbonyl (C=O) groups is 1. The van der Waals surface area contributed by atoms with E-state index >= 15 is 0 Å². The lowest BCUT2D eigenvalue weighted by Gasteiger charge is -2.00. The number of hydrogen-bond acceptors (Lipinski definition) is 3. The van der Waals surface area contributed by atoms with E-state index in [1.165, 1.54) is 0 Å². The normalized spacial score (nSPS) is 10.4. The fourth-order valence-electron chi connectivity index (χ4n) is 1.50. The number of rotatable bonds is 6. The Hall–Kier alpha value is -1.48. The zero-order chi connectivity index (χ0) is 11.9. The second-order valence-corrected chi connectivity index (χ2v) is 4.78. The molecule has 0 aliphatic carbocycles. The molecule has 2 aromatic rings. The van der Waals surface area contributed by atoms with E-state index < -0.39 is 0 Å². The van der Waals surface area contributed by atoms with E-state index in [9.17, 15) is 4.79 Å². The molecule has 1 aromatic carbocycles. The lowest BCUT2D eigenvalue weighted by molar-refractivity contribution is 0.0989. The van der Waals surface area contributed by atoms with Crippen LogP contribution < -0.4 is 0 Å². The van der Waals surface area contributed by atoms with Crippen molar-refractivity contribution < 1.29 is 9.21 Å². The monoisotopic (exact) mass is 246 g/mol. The van der Waals surface area contributed by atoms with Crippen LogP contribution >= 0.6 is 11.8 Å². The third kappa shape index (κ3) is 3.79. The number of ketones is 1. The minimum atomic E-state index is 0.206. The van der Waals surface area contributed by atoms with Gasteiger partial charge in [0, 0.05) is 17.7 Å². The van der Waals surface area contributed by atoms with Gasteiger partial charge < -0.3 is 4.42 Å². The van der Waals surface area contributed by atoms with Gasteiger partial charge in [-0.15, -0.1) is 0 Å². The average Bonchev–Trinajstić information content (AvgIpc) is 2.88. The molecule has 0 aliphatic heterocycles. The Balaban J connectivity index is 1.70. The highest BCUT2D eigenvalue weighted by molar-refractivity contribution is 7.98. The van der Waals surface area contributed by atoms with Gasteiger partial charge in [0.25, 0.3) is 0 Å².